The van der Waals surface area contributed by atoms with E-state index in [4.69, 9.17) is 0 Å². The van der Waals surface area contributed by atoms with Gasteiger partial charge < -0.3 is 0 Å². The van der Waals surface area contributed by atoms with Crippen molar-refractivity contribution < 1.29 is 4.79 Å². The van der Waals surface area contributed by atoms with Crippen LogP contribution in [0.1, 0.15) is 40.0 Å². The number of nitrogens with zero attached hydrogens (tertiary/aromatic N) is 1. The smallest absolute Gasteiger partial charge is 0.243 e. The van der Waals surface area contributed by atoms with Gasteiger partial charge in [-0.05, 0) is 18.8 Å². The summed E-state index contributed by atoms with van der Waals surface area (Å²) in [4.78, 5) is 11.4. The molecule has 0 aliphatic rings. The molecule has 0 fully saturated rings. The maximum absolute atomic E-state index is 11.4. The highest BCUT2D eigenvalue weighted by Crippen LogP contribution is 2.17. The summed E-state index contributed by atoms with van der Waals surface area (Å²) in [6.07, 6.45) is 2.92. The van der Waals surface area contributed by atoms with Gasteiger partial charge in [0.25, 0.3) is 0 Å². The van der Waals surface area contributed by atoms with Crippen LogP contribution in [0.4, 0.5) is 0 Å². The summed E-state index contributed by atoms with van der Waals surface area (Å²) in [5.74, 6) is 0.679. The van der Waals surface area contributed by atoms with Crippen molar-refractivity contribution in [2.75, 3.05) is 0 Å². The summed E-state index contributed by atoms with van der Waals surface area (Å²) in [6.45, 7) is 9.56. The predicted molar refractivity (Wildman–Crippen MR) is 55.5 cm³/mol. The van der Waals surface area contributed by atoms with Gasteiger partial charge in [0.2, 0.25) is 5.91 Å². The van der Waals surface area contributed by atoms with E-state index < -0.39 is 0 Å². The fraction of sp³-hybridized carbons (Fsp3) is 0.800. The number of hydrazone groups is 1. The lowest BCUT2D eigenvalue weighted by Gasteiger charge is -2.16. The number of nitrogens with one attached hydrogen (secondary N) is 1. The van der Waals surface area contributed by atoms with Crippen molar-refractivity contribution >= 4 is 12.6 Å². The molecule has 0 aliphatic carbocycles. The van der Waals surface area contributed by atoms with Gasteiger partial charge in [0.1, 0.15) is 0 Å². The zero-order valence-corrected chi connectivity index (χ0v) is 8.84. The maximum atomic E-state index is 11.4. The molecule has 0 heterocycles. The second kappa shape index (κ2) is 6.63. The molecule has 3 heteroatoms. The number of amides is 1. The van der Waals surface area contributed by atoms with Crippen molar-refractivity contribution in [2.24, 2.45) is 16.9 Å². The van der Waals surface area contributed by atoms with Crippen molar-refractivity contribution in [1.29, 1.82) is 0 Å². The summed E-state index contributed by atoms with van der Waals surface area (Å²) >= 11 is 0. The van der Waals surface area contributed by atoms with Gasteiger partial charge in [-0.25, -0.2) is 5.43 Å². The Bertz CT molecular complexity index is 168. The third-order valence-corrected chi connectivity index (χ3v) is 2.44. The molecule has 0 aromatic carbocycles. The second-order valence-corrected chi connectivity index (χ2v) is 3.49. The van der Waals surface area contributed by atoms with Gasteiger partial charge in [0.05, 0.1) is 0 Å². The highest BCUT2D eigenvalue weighted by atomic mass is 16.2. The Hall–Kier alpha value is -0.860. The first-order valence-corrected chi connectivity index (χ1v) is 4.91. The summed E-state index contributed by atoms with van der Waals surface area (Å²) in [6, 6.07) is 0. The van der Waals surface area contributed by atoms with Crippen LogP contribution in [0.15, 0.2) is 5.10 Å². The minimum Gasteiger partial charge on any atom is -0.273 e. The van der Waals surface area contributed by atoms with Gasteiger partial charge in [0, 0.05) is 12.6 Å². The van der Waals surface area contributed by atoms with Crippen molar-refractivity contribution in [2.45, 2.75) is 40.0 Å². The molecule has 0 saturated carbocycles. The van der Waals surface area contributed by atoms with Crippen molar-refractivity contribution in [3.63, 3.8) is 0 Å². The van der Waals surface area contributed by atoms with Crippen molar-refractivity contribution in [3.8, 4) is 0 Å². The zero-order valence-electron chi connectivity index (χ0n) is 8.84. The van der Waals surface area contributed by atoms with Crippen LogP contribution in [-0.2, 0) is 4.79 Å². The van der Waals surface area contributed by atoms with Crippen molar-refractivity contribution in [1.82, 2.24) is 5.43 Å². The van der Waals surface area contributed by atoms with Crippen molar-refractivity contribution in [3.05, 3.63) is 0 Å². The van der Waals surface area contributed by atoms with Crippen LogP contribution in [0.25, 0.3) is 0 Å². The first-order valence-electron chi connectivity index (χ1n) is 4.91. The minimum atomic E-state index is -0.00204. The molecule has 13 heavy (non-hydrogen) atoms. The highest BCUT2D eigenvalue weighted by Gasteiger charge is 2.17. The molecule has 1 amide bonds. The van der Waals surface area contributed by atoms with Gasteiger partial charge in [-0.3, -0.25) is 4.79 Å². The molecule has 1 N–H and O–H groups in total. The van der Waals surface area contributed by atoms with Crippen LogP contribution in [0, 0.1) is 11.8 Å². The summed E-state index contributed by atoms with van der Waals surface area (Å²) in [5.41, 5.74) is 2.40. The lowest BCUT2D eigenvalue weighted by atomic mass is 9.92. The molecule has 0 bridgehead atoms. The van der Waals surface area contributed by atoms with E-state index in [1.807, 2.05) is 6.92 Å². The number of rotatable bonds is 6. The van der Waals surface area contributed by atoms with E-state index in [0.29, 0.717) is 5.92 Å². The fourth-order valence-corrected chi connectivity index (χ4v) is 1.28. The van der Waals surface area contributed by atoms with E-state index in [2.05, 4.69) is 31.1 Å². The SMILES string of the molecule is C=NNC(=O)C(CC)CC(C)CC. The topological polar surface area (TPSA) is 41.5 Å². The number of hydrogen-bond acceptors (Lipinski definition) is 2. The Kier molecular flexibility index (Phi) is 6.20. The molecule has 0 aromatic heterocycles. The number of hydrogen-bond donors (Lipinski definition) is 1. The molecule has 0 saturated heterocycles. The first kappa shape index (κ1) is 12.1. The largest absolute Gasteiger partial charge is 0.273 e. The van der Waals surface area contributed by atoms with Gasteiger partial charge in [-0.15, -0.1) is 0 Å². The number of carbonyl (C=O) groups is 1. The number of carbonyl (C=O) groups excluding carboxylic acids is 1. The fourth-order valence-electron chi connectivity index (χ4n) is 1.28. The van der Waals surface area contributed by atoms with Gasteiger partial charge in [-0.1, -0.05) is 27.2 Å². The van der Waals surface area contributed by atoms with Crippen LogP contribution < -0.4 is 5.43 Å². The molecule has 2 unspecified atom stereocenters. The lowest BCUT2D eigenvalue weighted by Crippen LogP contribution is -2.27. The Labute approximate surface area is 80.6 Å². The van der Waals surface area contributed by atoms with Crippen LogP contribution in [0.2, 0.25) is 0 Å². The summed E-state index contributed by atoms with van der Waals surface area (Å²) in [5, 5.41) is 3.39. The quantitative estimate of drug-likeness (QED) is 0.499. The maximum Gasteiger partial charge on any atom is 0.243 e. The van der Waals surface area contributed by atoms with E-state index in [1.165, 1.54) is 0 Å². The molecule has 2 atom stereocenters. The standard InChI is InChI=1S/C10H20N2O/c1-5-8(3)7-9(6-2)10(13)12-11-4/h8-9H,4-7H2,1-3H3,(H,12,13). The van der Waals surface area contributed by atoms with Crippen LogP contribution >= 0.6 is 0 Å². The second-order valence-electron chi connectivity index (χ2n) is 3.49. The average Bonchev–Trinajstić information content (AvgIpc) is 2.14. The summed E-state index contributed by atoms with van der Waals surface area (Å²) < 4.78 is 0. The lowest BCUT2D eigenvalue weighted by molar-refractivity contribution is -0.125. The molecule has 0 radical (unpaired) electrons. The molecule has 0 spiro atoms. The van der Waals surface area contributed by atoms with Gasteiger partial charge >= 0.3 is 0 Å². The third-order valence-electron chi connectivity index (χ3n) is 2.44. The van der Waals surface area contributed by atoms with Gasteiger partial charge in [0.15, 0.2) is 0 Å². The summed E-state index contributed by atoms with van der Waals surface area (Å²) in [7, 11) is 0. The zero-order chi connectivity index (χ0) is 10.3. The van der Waals surface area contributed by atoms with Gasteiger partial charge in [-0.2, -0.15) is 5.10 Å². The molecule has 76 valence electrons. The van der Waals surface area contributed by atoms with Crippen LogP contribution in [0.5, 0.6) is 0 Å². The van der Waals surface area contributed by atoms with E-state index >= 15 is 0 Å². The molecule has 0 aromatic rings. The Morgan fingerprint density at radius 2 is 2.08 bits per heavy atom. The molecule has 3 nitrogen and oxygen atoms in total. The van der Waals surface area contributed by atoms with E-state index in [0.717, 1.165) is 19.3 Å². The molecular formula is C10H20N2O. The normalized spacial score (nSPS) is 14.7. The predicted octanol–water partition coefficient (Wildman–Crippen LogP) is 2.18. The van der Waals surface area contributed by atoms with Crippen LogP contribution in [-0.4, -0.2) is 12.6 Å². The molecule has 0 aliphatic heterocycles. The monoisotopic (exact) mass is 184 g/mol. The van der Waals surface area contributed by atoms with E-state index in [1.54, 1.807) is 0 Å². The third kappa shape index (κ3) is 4.65. The van der Waals surface area contributed by atoms with E-state index in [-0.39, 0.29) is 11.8 Å². The average molecular weight is 184 g/mol. The Morgan fingerprint density at radius 3 is 2.46 bits per heavy atom. The van der Waals surface area contributed by atoms with Crippen LogP contribution in [0.3, 0.4) is 0 Å². The molecule has 0 rings (SSSR count). The van der Waals surface area contributed by atoms with E-state index in [9.17, 15) is 4.79 Å². The highest BCUT2D eigenvalue weighted by molar-refractivity contribution is 5.78. The first-order chi connectivity index (χ1) is 6.15. The minimum absolute atomic E-state index is 0.00204. The Morgan fingerprint density at radius 1 is 1.46 bits per heavy atom. The molecular weight excluding hydrogens is 164 g/mol. The Balaban J connectivity index is 4.00.